The lowest BCUT2D eigenvalue weighted by Gasteiger charge is -2.28. The van der Waals surface area contributed by atoms with Crippen LogP contribution in [0, 0.1) is 0 Å². The minimum Gasteiger partial charge on any atom is -0.493 e. The number of benzene rings is 1. The van der Waals surface area contributed by atoms with Crippen molar-refractivity contribution in [2.24, 2.45) is 5.73 Å². The van der Waals surface area contributed by atoms with Crippen molar-refractivity contribution < 1.29 is 9.53 Å². The molecule has 1 saturated carbocycles. The van der Waals surface area contributed by atoms with Crippen LogP contribution in [-0.2, 0) is 6.42 Å². The van der Waals surface area contributed by atoms with Gasteiger partial charge in [0.1, 0.15) is 5.75 Å². The summed E-state index contributed by atoms with van der Waals surface area (Å²) in [5.41, 5.74) is 7.50. The van der Waals surface area contributed by atoms with Crippen molar-refractivity contribution in [1.82, 2.24) is 5.32 Å². The molecular weight excluding hydrogens is 240 g/mol. The average molecular weight is 260 g/mol. The van der Waals surface area contributed by atoms with E-state index < -0.39 is 0 Å². The fourth-order valence-electron chi connectivity index (χ4n) is 3.07. The topological polar surface area (TPSA) is 64.3 Å². The number of hydrogen-bond donors (Lipinski definition) is 2. The highest BCUT2D eigenvalue weighted by molar-refractivity contribution is 5.95. The molecule has 3 N–H and O–H groups in total. The fraction of sp³-hybridized carbons (Fsp3) is 0.533. The van der Waals surface area contributed by atoms with Gasteiger partial charge in [0.15, 0.2) is 0 Å². The molecule has 1 fully saturated rings. The SMILES string of the molecule is NCC1(NC(=O)c2ccc3c(c2)CCO3)CCCC1. The maximum absolute atomic E-state index is 12.4. The van der Waals surface area contributed by atoms with E-state index in [0.29, 0.717) is 18.7 Å². The molecule has 1 aliphatic carbocycles. The third-order valence-electron chi connectivity index (χ3n) is 4.28. The molecule has 3 rings (SSSR count). The van der Waals surface area contributed by atoms with Crippen molar-refractivity contribution in [2.75, 3.05) is 13.2 Å². The molecule has 2 aliphatic rings. The predicted octanol–water partition coefficient (Wildman–Crippen LogP) is 1.62. The number of rotatable bonds is 3. The average Bonchev–Trinajstić information content (AvgIpc) is 3.06. The van der Waals surface area contributed by atoms with Crippen molar-refractivity contribution >= 4 is 5.91 Å². The van der Waals surface area contributed by atoms with Crippen LogP contribution in [0.15, 0.2) is 18.2 Å². The van der Waals surface area contributed by atoms with E-state index in [-0.39, 0.29) is 11.4 Å². The van der Waals surface area contributed by atoms with Crippen molar-refractivity contribution in [3.05, 3.63) is 29.3 Å². The van der Waals surface area contributed by atoms with E-state index in [9.17, 15) is 4.79 Å². The van der Waals surface area contributed by atoms with Gasteiger partial charge in [-0.2, -0.15) is 0 Å². The van der Waals surface area contributed by atoms with Gasteiger partial charge in [-0.3, -0.25) is 4.79 Å². The Balaban J connectivity index is 1.77. The molecule has 0 unspecified atom stereocenters. The van der Waals surface area contributed by atoms with Crippen molar-refractivity contribution in [2.45, 2.75) is 37.6 Å². The molecule has 1 aromatic carbocycles. The maximum Gasteiger partial charge on any atom is 0.251 e. The summed E-state index contributed by atoms with van der Waals surface area (Å²) in [6.07, 6.45) is 5.16. The van der Waals surface area contributed by atoms with E-state index in [4.69, 9.17) is 10.5 Å². The molecule has 0 atom stereocenters. The van der Waals surface area contributed by atoms with Crippen LogP contribution >= 0.6 is 0 Å². The molecule has 0 radical (unpaired) electrons. The van der Waals surface area contributed by atoms with Crippen molar-refractivity contribution in [3.8, 4) is 5.75 Å². The van der Waals surface area contributed by atoms with E-state index in [1.165, 1.54) is 0 Å². The van der Waals surface area contributed by atoms with E-state index in [2.05, 4.69) is 5.32 Å². The lowest BCUT2D eigenvalue weighted by Crippen LogP contribution is -2.51. The monoisotopic (exact) mass is 260 g/mol. The number of nitrogens with two attached hydrogens (primary N) is 1. The highest BCUT2D eigenvalue weighted by Gasteiger charge is 2.34. The molecular formula is C15H20N2O2. The summed E-state index contributed by atoms with van der Waals surface area (Å²) in [6, 6.07) is 5.66. The molecule has 1 amide bonds. The Labute approximate surface area is 113 Å². The van der Waals surface area contributed by atoms with E-state index in [1.54, 1.807) is 0 Å². The minimum atomic E-state index is -0.188. The van der Waals surface area contributed by atoms with Crippen LogP contribution < -0.4 is 15.8 Å². The molecule has 0 spiro atoms. The van der Waals surface area contributed by atoms with Crippen LogP contribution in [0.5, 0.6) is 5.75 Å². The molecule has 19 heavy (non-hydrogen) atoms. The number of nitrogens with one attached hydrogen (secondary N) is 1. The number of hydrogen-bond acceptors (Lipinski definition) is 3. The second-order valence-electron chi connectivity index (χ2n) is 5.57. The molecule has 102 valence electrons. The van der Waals surface area contributed by atoms with Gasteiger partial charge in [0.25, 0.3) is 5.91 Å². The first-order valence-electron chi connectivity index (χ1n) is 7.01. The number of carbonyl (C=O) groups is 1. The summed E-state index contributed by atoms with van der Waals surface area (Å²) in [5.74, 6) is 0.896. The molecule has 1 aromatic rings. The van der Waals surface area contributed by atoms with Gasteiger partial charge in [0, 0.05) is 18.5 Å². The smallest absolute Gasteiger partial charge is 0.251 e. The Bertz CT molecular complexity index is 493. The first-order valence-corrected chi connectivity index (χ1v) is 7.01. The molecule has 4 heteroatoms. The predicted molar refractivity (Wildman–Crippen MR) is 73.4 cm³/mol. The van der Waals surface area contributed by atoms with Crippen LogP contribution in [0.25, 0.3) is 0 Å². The lowest BCUT2D eigenvalue weighted by molar-refractivity contribution is 0.0903. The molecule has 0 aromatic heterocycles. The molecule has 0 bridgehead atoms. The standard InChI is InChI=1S/C15H20N2O2/c16-10-15(6-1-2-7-15)17-14(18)12-3-4-13-11(9-12)5-8-19-13/h3-4,9H,1-2,5-8,10,16H2,(H,17,18). The van der Waals surface area contributed by atoms with Gasteiger partial charge in [0.2, 0.25) is 0 Å². The number of amides is 1. The van der Waals surface area contributed by atoms with Crippen molar-refractivity contribution in [3.63, 3.8) is 0 Å². The first-order chi connectivity index (χ1) is 9.22. The first kappa shape index (κ1) is 12.5. The Kier molecular flexibility index (Phi) is 3.19. The van der Waals surface area contributed by atoms with Gasteiger partial charge < -0.3 is 15.8 Å². The Morgan fingerprint density at radius 3 is 2.89 bits per heavy atom. The fourth-order valence-corrected chi connectivity index (χ4v) is 3.07. The van der Waals surface area contributed by atoms with E-state index >= 15 is 0 Å². The summed E-state index contributed by atoms with van der Waals surface area (Å²) in [4.78, 5) is 12.4. The normalized spacial score (nSPS) is 19.8. The van der Waals surface area contributed by atoms with Crippen LogP contribution in [0.2, 0.25) is 0 Å². The largest absolute Gasteiger partial charge is 0.493 e. The second kappa shape index (κ2) is 4.85. The van der Waals surface area contributed by atoms with Gasteiger partial charge in [-0.1, -0.05) is 12.8 Å². The summed E-state index contributed by atoms with van der Waals surface area (Å²) in [5, 5.41) is 3.14. The molecule has 1 heterocycles. The third kappa shape index (κ3) is 2.32. The zero-order valence-electron chi connectivity index (χ0n) is 11.1. The van der Waals surface area contributed by atoms with Gasteiger partial charge >= 0.3 is 0 Å². The Morgan fingerprint density at radius 1 is 1.37 bits per heavy atom. The number of ether oxygens (including phenoxy) is 1. The summed E-state index contributed by atoms with van der Waals surface area (Å²) in [7, 11) is 0. The second-order valence-corrected chi connectivity index (χ2v) is 5.57. The number of carbonyl (C=O) groups excluding carboxylic acids is 1. The van der Waals surface area contributed by atoms with E-state index in [1.807, 2.05) is 18.2 Å². The highest BCUT2D eigenvalue weighted by Crippen LogP contribution is 2.30. The summed E-state index contributed by atoms with van der Waals surface area (Å²) >= 11 is 0. The molecule has 1 aliphatic heterocycles. The van der Waals surface area contributed by atoms with Gasteiger partial charge in [-0.05, 0) is 36.6 Å². The van der Waals surface area contributed by atoms with Gasteiger partial charge in [0.05, 0.1) is 12.1 Å². The molecule has 0 saturated heterocycles. The van der Waals surface area contributed by atoms with Crippen LogP contribution in [0.1, 0.15) is 41.6 Å². The quantitative estimate of drug-likeness (QED) is 0.868. The maximum atomic E-state index is 12.4. The molecule has 4 nitrogen and oxygen atoms in total. The Hall–Kier alpha value is -1.55. The summed E-state index contributed by atoms with van der Waals surface area (Å²) in [6.45, 7) is 1.24. The zero-order chi connectivity index (χ0) is 13.3. The third-order valence-corrected chi connectivity index (χ3v) is 4.28. The lowest BCUT2D eigenvalue weighted by atomic mass is 9.97. The summed E-state index contributed by atoms with van der Waals surface area (Å²) < 4.78 is 5.46. The zero-order valence-corrected chi connectivity index (χ0v) is 11.1. The highest BCUT2D eigenvalue weighted by atomic mass is 16.5. The van der Waals surface area contributed by atoms with Crippen LogP contribution in [0.4, 0.5) is 0 Å². The number of fused-ring (bicyclic) bond motifs is 1. The van der Waals surface area contributed by atoms with Gasteiger partial charge in [-0.25, -0.2) is 0 Å². The Morgan fingerprint density at radius 2 is 2.16 bits per heavy atom. The van der Waals surface area contributed by atoms with Crippen LogP contribution in [-0.4, -0.2) is 24.6 Å². The van der Waals surface area contributed by atoms with E-state index in [0.717, 1.165) is 43.4 Å². The van der Waals surface area contributed by atoms with Crippen molar-refractivity contribution in [1.29, 1.82) is 0 Å². The van der Waals surface area contributed by atoms with Crippen LogP contribution in [0.3, 0.4) is 0 Å². The van der Waals surface area contributed by atoms with Gasteiger partial charge in [-0.15, -0.1) is 0 Å². The minimum absolute atomic E-state index is 0.0120.